The van der Waals surface area contributed by atoms with Crippen molar-refractivity contribution in [3.05, 3.63) is 30.3 Å². The summed E-state index contributed by atoms with van der Waals surface area (Å²) >= 11 is 0. The maximum Gasteiger partial charge on any atom is 0.309 e. The SMILES string of the molecule is CC(C)C[C@@H](Oc1ccccc1)[C@H](C)OC(=O)[C@H](C)CC(=O)OC(C)(C)C. The van der Waals surface area contributed by atoms with E-state index in [1.54, 1.807) is 27.7 Å². The minimum absolute atomic E-state index is 0.00276. The topological polar surface area (TPSA) is 61.8 Å². The molecule has 27 heavy (non-hydrogen) atoms. The van der Waals surface area contributed by atoms with E-state index in [1.165, 1.54) is 0 Å². The molecule has 3 atom stereocenters. The molecule has 0 aliphatic heterocycles. The van der Waals surface area contributed by atoms with Crippen molar-refractivity contribution in [3.63, 3.8) is 0 Å². The molecule has 0 aromatic heterocycles. The Balaban J connectivity index is 2.66. The lowest BCUT2D eigenvalue weighted by Crippen LogP contribution is -2.36. The van der Waals surface area contributed by atoms with Gasteiger partial charge in [0.05, 0.1) is 12.3 Å². The van der Waals surface area contributed by atoms with Gasteiger partial charge in [-0.3, -0.25) is 9.59 Å². The van der Waals surface area contributed by atoms with Gasteiger partial charge in [-0.05, 0) is 52.2 Å². The molecule has 0 aliphatic rings. The summed E-state index contributed by atoms with van der Waals surface area (Å²) in [7, 11) is 0. The normalized spacial score (nSPS) is 15.0. The Morgan fingerprint density at radius 3 is 2.11 bits per heavy atom. The minimum atomic E-state index is -0.571. The highest BCUT2D eigenvalue weighted by molar-refractivity contribution is 5.79. The number of ether oxygens (including phenoxy) is 3. The number of hydrogen-bond donors (Lipinski definition) is 0. The number of carbonyl (C=O) groups excluding carboxylic acids is 2. The maximum atomic E-state index is 12.4. The first-order chi connectivity index (χ1) is 12.5. The Labute approximate surface area is 163 Å². The predicted octanol–water partition coefficient (Wildman–Crippen LogP) is 4.78. The second kappa shape index (κ2) is 10.3. The Hall–Kier alpha value is -2.04. The third-order valence-corrected chi connectivity index (χ3v) is 3.86. The first kappa shape index (κ1) is 23.0. The zero-order valence-corrected chi connectivity index (χ0v) is 17.7. The molecule has 0 heterocycles. The van der Waals surface area contributed by atoms with Crippen LogP contribution in [0.2, 0.25) is 0 Å². The van der Waals surface area contributed by atoms with E-state index < -0.39 is 29.6 Å². The van der Waals surface area contributed by atoms with Crippen LogP contribution in [0.1, 0.15) is 61.3 Å². The number of rotatable bonds is 9. The summed E-state index contributed by atoms with van der Waals surface area (Å²) in [6.45, 7) is 13.1. The molecule has 0 aliphatic carbocycles. The van der Waals surface area contributed by atoms with Gasteiger partial charge in [0, 0.05) is 0 Å². The van der Waals surface area contributed by atoms with E-state index in [9.17, 15) is 9.59 Å². The number of benzene rings is 1. The van der Waals surface area contributed by atoms with E-state index in [0.29, 0.717) is 5.92 Å². The van der Waals surface area contributed by atoms with Gasteiger partial charge in [-0.15, -0.1) is 0 Å². The third-order valence-electron chi connectivity index (χ3n) is 3.86. The van der Waals surface area contributed by atoms with Crippen LogP contribution in [0.4, 0.5) is 0 Å². The Bertz CT molecular complexity index is 588. The zero-order valence-electron chi connectivity index (χ0n) is 17.7. The lowest BCUT2D eigenvalue weighted by atomic mass is 10.0. The molecular weight excluding hydrogens is 344 g/mol. The Morgan fingerprint density at radius 1 is 1.00 bits per heavy atom. The second-order valence-corrected chi connectivity index (χ2v) is 8.43. The fraction of sp³-hybridized carbons (Fsp3) is 0.636. The van der Waals surface area contributed by atoms with Crippen LogP contribution in [0.25, 0.3) is 0 Å². The largest absolute Gasteiger partial charge is 0.487 e. The van der Waals surface area contributed by atoms with Crippen molar-refractivity contribution in [2.45, 2.75) is 79.1 Å². The summed E-state index contributed by atoms with van der Waals surface area (Å²) in [5.74, 6) is -0.261. The van der Waals surface area contributed by atoms with Gasteiger partial charge in [-0.2, -0.15) is 0 Å². The highest BCUT2D eigenvalue weighted by atomic mass is 16.6. The van der Waals surface area contributed by atoms with Crippen molar-refractivity contribution in [2.75, 3.05) is 0 Å². The predicted molar refractivity (Wildman–Crippen MR) is 105 cm³/mol. The molecule has 0 spiro atoms. The quantitative estimate of drug-likeness (QED) is 0.579. The van der Waals surface area contributed by atoms with Gasteiger partial charge in [0.15, 0.2) is 0 Å². The van der Waals surface area contributed by atoms with Gasteiger partial charge in [0.2, 0.25) is 0 Å². The molecule has 5 nitrogen and oxygen atoms in total. The molecule has 5 heteroatoms. The molecule has 0 saturated carbocycles. The summed E-state index contributed by atoms with van der Waals surface area (Å²) in [4.78, 5) is 24.3. The Kier molecular flexibility index (Phi) is 8.80. The molecule has 0 amide bonds. The van der Waals surface area contributed by atoms with Crippen LogP contribution in [0.5, 0.6) is 5.75 Å². The number of para-hydroxylation sites is 1. The van der Waals surface area contributed by atoms with Gasteiger partial charge < -0.3 is 14.2 Å². The van der Waals surface area contributed by atoms with E-state index in [1.807, 2.05) is 37.3 Å². The Morgan fingerprint density at radius 2 is 1.59 bits per heavy atom. The molecule has 0 N–H and O–H groups in total. The summed E-state index contributed by atoms with van der Waals surface area (Å²) in [6, 6.07) is 9.49. The molecular formula is C22H34O5. The zero-order chi connectivity index (χ0) is 20.6. The molecule has 1 aromatic carbocycles. The van der Waals surface area contributed by atoms with E-state index in [2.05, 4.69) is 13.8 Å². The summed E-state index contributed by atoms with van der Waals surface area (Å²) in [6.07, 6.45) is 0.0624. The van der Waals surface area contributed by atoms with Gasteiger partial charge in [0.1, 0.15) is 23.6 Å². The van der Waals surface area contributed by atoms with Crippen molar-refractivity contribution < 1.29 is 23.8 Å². The average Bonchev–Trinajstić information content (AvgIpc) is 2.52. The average molecular weight is 379 g/mol. The van der Waals surface area contributed by atoms with Gasteiger partial charge in [-0.25, -0.2) is 0 Å². The van der Waals surface area contributed by atoms with E-state index in [4.69, 9.17) is 14.2 Å². The van der Waals surface area contributed by atoms with Crippen LogP contribution in [-0.4, -0.2) is 29.7 Å². The first-order valence-electron chi connectivity index (χ1n) is 9.62. The molecule has 0 saturated heterocycles. The van der Waals surface area contributed by atoms with E-state index in [0.717, 1.165) is 12.2 Å². The lowest BCUT2D eigenvalue weighted by Gasteiger charge is -2.27. The van der Waals surface area contributed by atoms with Crippen LogP contribution in [0, 0.1) is 11.8 Å². The molecule has 1 rings (SSSR count). The van der Waals surface area contributed by atoms with Crippen LogP contribution in [0.15, 0.2) is 30.3 Å². The van der Waals surface area contributed by atoms with Crippen molar-refractivity contribution in [3.8, 4) is 5.75 Å². The molecule has 0 fully saturated rings. The first-order valence-corrected chi connectivity index (χ1v) is 9.62. The summed E-state index contributed by atoms with van der Waals surface area (Å²) in [5, 5.41) is 0. The fourth-order valence-corrected chi connectivity index (χ4v) is 2.57. The van der Waals surface area contributed by atoms with Gasteiger partial charge in [-0.1, -0.05) is 39.0 Å². The molecule has 152 valence electrons. The highest BCUT2D eigenvalue weighted by Crippen LogP contribution is 2.21. The number of esters is 2. The molecule has 1 aromatic rings. The second-order valence-electron chi connectivity index (χ2n) is 8.43. The summed E-state index contributed by atoms with van der Waals surface area (Å²) in [5.41, 5.74) is -0.570. The smallest absolute Gasteiger partial charge is 0.309 e. The standard InChI is InChI=1S/C22H34O5/c1-15(2)13-19(26-18-11-9-8-10-12-18)17(4)25-21(24)16(3)14-20(23)27-22(5,6)7/h8-12,15-17,19H,13-14H2,1-7H3/t16-,17+,19-/m1/s1. The highest BCUT2D eigenvalue weighted by Gasteiger charge is 2.28. The maximum absolute atomic E-state index is 12.4. The third kappa shape index (κ3) is 9.45. The molecule has 0 bridgehead atoms. The van der Waals surface area contributed by atoms with Gasteiger partial charge in [0.25, 0.3) is 0 Å². The van der Waals surface area contributed by atoms with E-state index in [-0.39, 0.29) is 12.5 Å². The molecule has 0 unspecified atom stereocenters. The molecule has 0 radical (unpaired) electrons. The monoisotopic (exact) mass is 378 g/mol. The summed E-state index contributed by atoms with van der Waals surface area (Å²) < 4.78 is 16.9. The number of hydrogen-bond acceptors (Lipinski definition) is 5. The van der Waals surface area contributed by atoms with E-state index >= 15 is 0 Å². The fourth-order valence-electron chi connectivity index (χ4n) is 2.57. The minimum Gasteiger partial charge on any atom is -0.487 e. The van der Waals surface area contributed by atoms with Crippen molar-refractivity contribution in [1.82, 2.24) is 0 Å². The van der Waals surface area contributed by atoms with Crippen molar-refractivity contribution in [2.24, 2.45) is 11.8 Å². The van der Waals surface area contributed by atoms with Crippen molar-refractivity contribution >= 4 is 11.9 Å². The van der Waals surface area contributed by atoms with Crippen LogP contribution >= 0.6 is 0 Å². The van der Waals surface area contributed by atoms with Crippen molar-refractivity contribution in [1.29, 1.82) is 0 Å². The van der Waals surface area contributed by atoms with Gasteiger partial charge >= 0.3 is 11.9 Å². The van der Waals surface area contributed by atoms with Crippen LogP contribution < -0.4 is 4.74 Å². The number of carbonyl (C=O) groups is 2. The van der Waals surface area contributed by atoms with Crippen LogP contribution in [-0.2, 0) is 19.1 Å². The lowest BCUT2D eigenvalue weighted by molar-refractivity contribution is -0.165. The van der Waals surface area contributed by atoms with Crippen LogP contribution in [0.3, 0.4) is 0 Å².